The van der Waals surface area contributed by atoms with Crippen molar-refractivity contribution in [2.45, 2.75) is 6.54 Å². The first-order chi connectivity index (χ1) is 4.84. The van der Waals surface area contributed by atoms with Gasteiger partial charge in [-0.2, -0.15) is 5.11 Å². The summed E-state index contributed by atoms with van der Waals surface area (Å²) >= 11 is 0. The third kappa shape index (κ3) is 1.34. The van der Waals surface area contributed by atoms with Gasteiger partial charge in [-0.25, -0.2) is 9.92 Å². The zero-order valence-electron chi connectivity index (χ0n) is 5.21. The molecule has 1 N–H and O–H groups in total. The van der Waals surface area contributed by atoms with E-state index in [0.29, 0.717) is 5.56 Å². The molecule has 0 saturated heterocycles. The Morgan fingerprint density at radius 3 is 3.10 bits per heavy atom. The molecule has 4 heteroatoms. The molecule has 52 valence electrons. The summed E-state index contributed by atoms with van der Waals surface area (Å²) in [5, 5.41) is 3.05. The summed E-state index contributed by atoms with van der Waals surface area (Å²) in [6, 6.07) is 1.51. The first-order valence-corrected chi connectivity index (χ1v) is 2.76. The smallest absolute Gasteiger partial charge is 0.146 e. The van der Waals surface area contributed by atoms with Gasteiger partial charge in [-0.05, 0) is 6.07 Å². The molecule has 0 bridgehead atoms. The van der Waals surface area contributed by atoms with E-state index < -0.39 is 5.82 Å². The molecule has 0 aliphatic carbocycles. The van der Waals surface area contributed by atoms with Crippen LogP contribution in [-0.4, -0.2) is 4.98 Å². The van der Waals surface area contributed by atoms with Gasteiger partial charge in [0, 0.05) is 11.8 Å². The van der Waals surface area contributed by atoms with Gasteiger partial charge >= 0.3 is 0 Å². The second-order valence-corrected chi connectivity index (χ2v) is 1.78. The van der Waals surface area contributed by atoms with Crippen LogP contribution >= 0.6 is 0 Å². The van der Waals surface area contributed by atoms with Crippen LogP contribution in [0.25, 0.3) is 0 Å². The second kappa shape index (κ2) is 3.00. The lowest BCUT2D eigenvalue weighted by molar-refractivity contribution is 0.601. The van der Waals surface area contributed by atoms with Gasteiger partial charge in [0.15, 0.2) is 0 Å². The molecular weight excluding hydrogens is 133 g/mol. The van der Waals surface area contributed by atoms with Crippen LogP contribution < -0.4 is 0 Å². The van der Waals surface area contributed by atoms with Crippen molar-refractivity contribution >= 4 is 0 Å². The molecule has 0 amide bonds. The van der Waals surface area contributed by atoms with E-state index in [-0.39, 0.29) is 6.54 Å². The molecule has 1 heterocycles. The monoisotopic (exact) mass is 139 g/mol. The van der Waals surface area contributed by atoms with Crippen molar-refractivity contribution in [3.8, 4) is 0 Å². The lowest BCUT2D eigenvalue weighted by atomic mass is 10.3. The quantitative estimate of drug-likeness (QED) is 0.623. The van der Waals surface area contributed by atoms with E-state index in [1.165, 1.54) is 12.3 Å². The van der Waals surface area contributed by atoms with Crippen molar-refractivity contribution < 1.29 is 4.39 Å². The molecule has 0 fully saturated rings. The molecule has 0 spiro atoms. The standard InChI is InChI=1S/C6H6FN3/c7-6-4-9-2-1-5(6)3-10-8/h1-2,4,8H,3H2. The van der Waals surface area contributed by atoms with Gasteiger partial charge in [0.05, 0.1) is 12.7 Å². The molecule has 0 aliphatic rings. The van der Waals surface area contributed by atoms with Crippen LogP contribution in [0.3, 0.4) is 0 Å². The lowest BCUT2D eigenvalue weighted by Gasteiger charge is -1.93. The van der Waals surface area contributed by atoms with Crippen molar-refractivity contribution in [3.63, 3.8) is 0 Å². The molecule has 1 aromatic heterocycles. The number of nitrogens with zero attached hydrogens (tertiary/aromatic N) is 2. The van der Waals surface area contributed by atoms with E-state index in [1.54, 1.807) is 0 Å². The third-order valence-electron chi connectivity index (χ3n) is 1.11. The van der Waals surface area contributed by atoms with Crippen molar-refractivity contribution in [3.05, 3.63) is 29.8 Å². The van der Waals surface area contributed by atoms with Gasteiger partial charge in [0.1, 0.15) is 5.82 Å². The molecule has 3 nitrogen and oxygen atoms in total. The first kappa shape index (κ1) is 6.80. The van der Waals surface area contributed by atoms with E-state index >= 15 is 0 Å². The minimum Gasteiger partial charge on any atom is -0.262 e. The van der Waals surface area contributed by atoms with Crippen LogP contribution in [0.2, 0.25) is 0 Å². The zero-order chi connectivity index (χ0) is 7.40. The average molecular weight is 139 g/mol. The highest BCUT2D eigenvalue weighted by Crippen LogP contribution is 2.04. The van der Waals surface area contributed by atoms with Crippen molar-refractivity contribution in [2.24, 2.45) is 5.11 Å². The number of halogens is 1. The first-order valence-electron chi connectivity index (χ1n) is 2.76. The molecule has 10 heavy (non-hydrogen) atoms. The van der Waals surface area contributed by atoms with E-state index in [1.807, 2.05) is 0 Å². The maximum Gasteiger partial charge on any atom is 0.146 e. The van der Waals surface area contributed by atoms with Crippen molar-refractivity contribution in [1.29, 1.82) is 5.53 Å². The molecule has 0 atom stereocenters. The number of hydrogen-bond acceptors (Lipinski definition) is 3. The van der Waals surface area contributed by atoms with E-state index in [2.05, 4.69) is 10.1 Å². The van der Waals surface area contributed by atoms with Crippen LogP contribution in [0.5, 0.6) is 0 Å². The Morgan fingerprint density at radius 2 is 2.50 bits per heavy atom. The van der Waals surface area contributed by atoms with E-state index in [4.69, 9.17) is 5.53 Å². The van der Waals surface area contributed by atoms with Gasteiger partial charge in [0.2, 0.25) is 0 Å². The average Bonchev–Trinajstić information content (AvgIpc) is 1.94. The zero-order valence-corrected chi connectivity index (χ0v) is 5.21. The van der Waals surface area contributed by atoms with E-state index in [0.717, 1.165) is 6.20 Å². The summed E-state index contributed by atoms with van der Waals surface area (Å²) in [6.07, 6.45) is 2.59. The maximum absolute atomic E-state index is 12.6. The highest BCUT2D eigenvalue weighted by molar-refractivity contribution is 5.11. The van der Waals surface area contributed by atoms with E-state index in [9.17, 15) is 4.39 Å². The number of pyridine rings is 1. The summed E-state index contributed by atoms with van der Waals surface area (Å²) in [5.74, 6) is -0.404. The Labute approximate surface area is 57.4 Å². The second-order valence-electron chi connectivity index (χ2n) is 1.78. The van der Waals surface area contributed by atoms with Crippen LogP contribution in [0.1, 0.15) is 5.56 Å². The summed E-state index contributed by atoms with van der Waals surface area (Å²) in [7, 11) is 0. The van der Waals surface area contributed by atoms with Crippen LogP contribution in [0.4, 0.5) is 4.39 Å². The minimum atomic E-state index is -0.404. The summed E-state index contributed by atoms with van der Waals surface area (Å²) in [5.41, 5.74) is 6.88. The molecule has 1 aromatic rings. The lowest BCUT2D eigenvalue weighted by Crippen LogP contribution is -1.87. The van der Waals surface area contributed by atoms with Crippen LogP contribution in [0.15, 0.2) is 23.6 Å². The number of nitrogens with one attached hydrogen (secondary N) is 1. The fraction of sp³-hybridized carbons (Fsp3) is 0.167. The largest absolute Gasteiger partial charge is 0.262 e. The van der Waals surface area contributed by atoms with Gasteiger partial charge < -0.3 is 0 Å². The van der Waals surface area contributed by atoms with Gasteiger partial charge in [-0.3, -0.25) is 4.98 Å². The Bertz CT molecular complexity index is 236. The summed E-state index contributed by atoms with van der Waals surface area (Å²) < 4.78 is 12.6. The fourth-order valence-corrected chi connectivity index (χ4v) is 0.617. The Balaban J connectivity index is 2.91. The number of rotatable bonds is 2. The minimum absolute atomic E-state index is 0.0916. The molecule has 1 rings (SSSR count). The molecule has 0 saturated carbocycles. The molecular formula is C6H6FN3. The van der Waals surface area contributed by atoms with Crippen molar-refractivity contribution in [1.82, 2.24) is 4.98 Å². The number of aromatic nitrogens is 1. The third-order valence-corrected chi connectivity index (χ3v) is 1.11. The van der Waals surface area contributed by atoms with Crippen LogP contribution in [0, 0.1) is 11.3 Å². The van der Waals surface area contributed by atoms with Gasteiger partial charge in [0.25, 0.3) is 0 Å². The molecule has 0 unspecified atom stereocenters. The summed E-state index contributed by atoms with van der Waals surface area (Å²) in [6.45, 7) is 0.0916. The topological polar surface area (TPSA) is 49.1 Å². The summed E-state index contributed by atoms with van der Waals surface area (Å²) in [4.78, 5) is 3.55. The maximum atomic E-state index is 12.6. The predicted molar refractivity (Wildman–Crippen MR) is 33.0 cm³/mol. The molecule has 0 aliphatic heterocycles. The Hall–Kier alpha value is -1.32. The highest BCUT2D eigenvalue weighted by atomic mass is 19.1. The number of hydrogen-bond donors (Lipinski definition) is 1. The molecule has 0 radical (unpaired) electrons. The normalized spacial score (nSPS) is 9.30. The van der Waals surface area contributed by atoms with Gasteiger partial charge in [-0.15, -0.1) is 0 Å². The Morgan fingerprint density at radius 1 is 1.70 bits per heavy atom. The highest BCUT2D eigenvalue weighted by Gasteiger charge is 1.97. The van der Waals surface area contributed by atoms with Crippen LogP contribution in [-0.2, 0) is 6.54 Å². The van der Waals surface area contributed by atoms with Gasteiger partial charge in [-0.1, -0.05) is 0 Å². The Kier molecular flexibility index (Phi) is 2.04. The fourth-order valence-electron chi connectivity index (χ4n) is 0.617. The SMILES string of the molecule is N=NCc1ccncc1F. The predicted octanol–water partition coefficient (Wildman–Crippen LogP) is 1.75. The van der Waals surface area contributed by atoms with Crippen molar-refractivity contribution in [2.75, 3.05) is 0 Å². The molecule has 0 aromatic carbocycles.